The summed E-state index contributed by atoms with van der Waals surface area (Å²) in [6, 6.07) is 6.64. The van der Waals surface area contributed by atoms with Crippen LogP contribution in [0.1, 0.15) is 23.4 Å². The van der Waals surface area contributed by atoms with Gasteiger partial charge in [0.15, 0.2) is 0 Å². The van der Waals surface area contributed by atoms with Crippen molar-refractivity contribution in [3.05, 3.63) is 39.3 Å². The van der Waals surface area contributed by atoms with Gasteiger partial charge >= 0.3 is 0 Å². The Labute approximate surface area is 128 Å². The topological polar surface area (TPSA) is 28.2 Å². The molecular weight excluding hydrogens is 290 g/mol. The second kappa shape index (κ2) is 6.02. The summed E-state index contributed by atoms with van der Waals surface area (Å²) in [4.78, 5) is 6.71. The van der Waals surface area contributed by atoms with E-state index in [1.165, 1.54) is 54.2 Å². The van der Waals surface area contributed by atoms with Crippen LogP contribution >= 0.6 is 22.9 Å². The van der Waals surface area contributed by atoms with Crippen LogP contribution < -0.4 is 10.2 Å². The Morgan fingerprint density at radius 3 is 2.80 bits per heavy atom. The summed E-state index contributed by atoms with van der Waals surface area (Å²) < 4.78 is 0.739. The molecule has 1 aliphatic rings. The Morgan fingerprint density at radius 1 is 1.35 bits per heavy atom. The van der Waals surface area contributed by atoms with Crippen LogP contribution in [0.25, 0.3) is 0 Å². The highest BCUT2D eigenvalue weighted by molar-refractivity contribution is 7.15. The zero-order chi connectivity index (χ0) is 13.9. The van der Waals surface area contributed by atoms with Gasteiger partial charge in [-0.3, -0.25) is 0 Å². The molecule has 1 aromatic heterocycles. The van der Waals surface area contributed by atoms with Crippen molar-refractivity contribution >= 4 is 34.3 Å². The van der Waals surface area contributed by atoms with Gasteiger partial charge in [-0.1, -0.05) is 11.6 Å². The Balaban J connectivity index is 1.67. The van der Waals surface area contributed by atoms with Gasteiger partial charge in [-0.2, -0.15) is 0 Å². The van der Waals surface area contributed by atoms with E-state index in [2.05, 4.69) is 40.3 Å². The smallest absolute Gasteiger partial charge is 0.113 e. The van der Waals surface area contributed by atoms with Crippen molar-refractivity contribution in [3.8, 4) is 0 Å². The number of hydrogen-bond acceptors (Lipinski definition) is 4. The van der Waals surface area contributed by atoms with E-state index in [9.17, 15) is 0 Å². The third-order valence-electron chi connectivity index (χ3n) is 3.64. The van der Waals surface area contributed by atoms with Crippen molar-refractivity contribution in [2.75, 3.05) is 23.3 Å². The number of aryl methyl sites for hydroxylation is 1. The first kappa shape index (κ1) is 13.7. The number of nitrogens with one attached hydrogen (secondary N) is 1. The average molecular weight is 308 g/mol. The van der Waals surface area contributed by atoms with Crippen molar-refractivity contribution in [1.82, 2.24) is 4.98 Å². The van der Waals surface area contributed by atoms with Crippen LogP contribution in [0.5, 0.6) is 0 Å². The molecule has 0 aliphatic carbocycles. The lowest BCUT2D eigenvalue weighted by atomic mass is 10.1. The molecule has 1 fully saturated rings. The van der Waals surface area contributed by atoms with Gasteiger partial charge in [-0.05, 0) is 43.5 Å². The molecule has 0 bridgehead atoms. The summed E-state index contributed by atoms with van der Waals surface area (Å²) in [7, 11) is 0. The van der Waals surface area contributed by atoms with Crippen molar-refractivity contribution in [2.24, 2.45) is 0 Å². The SMILES string of the molecule is Cc1cc(N2CCCC2)ccc1NCc1ncc(Cl)s1. The fourth-order valence-corrected chi connectivity index (χ4v) is 3.46. The van der Waals surface area contributed by atoms with Gasteiger partial charge in [0.1, 0.15) is 9.34 Å². The highest BCUT2D eigenvalue weighted by Crippen LogP contribution is 2.26. The van der Waals surface area contributed by atoms with Crippen molar-refractivity contribution < 1.29 is 0 Å². The van der Waals surface area contributed by atoms with Crippen molar-refractivity contribution in [1.29, 1.82) is 0 Å². The minimum Gasteiger partial charge on any atom is -0.378 e. The number of hydrogen-bond donors (Lipinski definition) is 1. The van der Waals surface area contributed by atoms with Crippen molar-refractivity contribution in [3.63, 3.8) is 0 Å². The molecule has 0 atom stereocenters. The van der Waals surface area contributed by atoms with Gasteiger partial charge in [0.25, 0.3) is 0 Å². The molecule has 2 aromatic rings. The zero-order valence-electron chi connectivity index (χ0n) is 11.5. The molecule has 1 aromatic carbocycles. The lowest BCUT2D eigenvalue weighted by Crippen LogP contribution is -2.17. The summed E-state index contributed by atoms with van der Waals surface area (Å²) in [5.74, 6) is 0. The van der Waals surface area contributed by atoms with E-state index in [1.54, 1.807) is 6.20 Å². The molecule has 0 saturated carbocycles. The molecule has 0 spiro atoms. The summed E-state index contributed by atoms with van der Waals surface area (Å²) in [5, 5.41) is 4.44. The Kier molecular flexibility index (Phi) is 4.13. The Hall–Kier alpha value is -1.26. The van der Waals surface area contributed by atoms with Gasteiger partial charge in [0.2, 0.25) is 0 Å². The maximum Gasteiger partial charge on any atom is 0.113 e. The normalized spacial score (nSPS) is 14.8. The Bertz CT molecular complexity index is 591. The molecule has 5 heteroatoms. The predicted octanol–water partition coefficient (Wildman–Crippen LogP) is 4.32. The molecule has 3 rings (SSSR count). The average Bonchev–Trinajstić information content (AvgIpc) is 3.08. The summed E-state index contributed by atoms with van der Waals surface area (Å²) in [6.45, 7) is 5.24. The largest absolute Gasteiger partial charge is 0.378 e. The fraction of sp³-hybridized carbons (Fsp3) is 0.400. The van der Waals surface area contributed by atoms with Gasteiger partial charge in [0.05, 0.1) is 12.7 Å². The predicted molar refractivity (Wildman–Crippen MR) is 87.1 cm³/mol. The number of thiazole rings is 1. The van der Waals surface area contributed by atoms with Gasteiger partial charge in [-0.15, -0.1) is 11.3 Å². The maximum absolute atomic E-state index is 5.89. The van der Waals surface area contributed by atoms with Gasteiger partial charge in [-0.25, -0.2) is 4.98 Å². The molecule has 0 amide bonds. The first-order valence-corrected chi connectivity index (χ1v) is 8.11. The lowest BCUT2D eigenvalue weighted by Gasteiger charge is -2.19. The first-order valence-electron chi connectivity index (χ1n) is 6.92. The lowest BCUT2D eigenvalue weighted by molar-refractivity contribution is 0.949. The number of anilines is 2. The zero-order valence-corrected chi connectivity index (χ0v) is 13.1. The molecule has 20 heavy (non-hydrogen) atoms. The van der Waals surface area contributed by atoms with E-state index in [-0.39, 0.29) is 0 Å². The van der Waals surface area contributed by atoms with Crippen LogP contribution in [0, 0.1) is 6.92 Å². The summed E-state index contributed by atoms with van der Waals surface area (Å²) in [5.41, 5.74) is 3.78. The highest BCUT2D eigenvalue weighted by atomic mass is 35.5. The minimum atomic E-state index is 0.723. The molecule has 0 radical (unpaired) electrons. The molecule has 0 unspecified atom stereocenters. The highest BCUT2D eigenvalue weighted by Gasteiger charge is 2.13. The number of aromatic nitrogens is 1. The van der Waals surface area contributed by atoms with Crippen LogP contribution in [0.2, 0.25) is 4.34 Å². The van der Waals surface area contributed by atoms with Crippen LogP contribution in [-0.4, -0.2) is 18.1 Å². The third-order valence-corrected chi connectivity index (χ3v) is 4.75. The summed E-state index contributed by atoms with van der Waals surface area (Å²) in [6.07, 6.45) is 4.32. The second-order valence-corrected chi connectivity index (χ2v) is 6.85. The van der Waals surface area contributed by atoms with E-state index >= 15 is 0 Å². The summed E-state index contributed by atoms with van der Waals surface area (Å²) >= 11 is 7.41. The number of halogens is 1. The van der Waals surface area contributed by atoms with E-state index in [4.69, 9.17) is 11.6 Å². The minimum absolute atomic E-state index is 0.723. The molecule has 1 N–H and O–H groups in total. The maximum atomic E-state index is 5.89. The molecule has 1 saturated heterocycles. The number of rotatable bonds is 4. The molecule has 106 valence electrons. The molecular formula is C15H18ClN3S. The monoisotopic (exact) mass is 307 g/mol. The quantitative estimate of drug-likeness (QED) is 0.912. The van der Waals surface area contributed by atoms with E-state index in [0.717, 1.165) is 15.9 Å². The molecule has 2 heterocycles. The van der Waals surface area contributed by atoms with Gasteiger partial charge < -0.3 is 10.2 Å². The fourth-order valence-electron chi connectivity index (χ4n) is 2.56. The molecule has 3 nitrogen and oxygen atoms in total. The number of benzene rings is 1. The standard InChI is InChI=1S/C15H18ClN3S/c1-11-8-12(19-6-2-3-7-19)4-5-13(11)17-10-15-18-9-14(16)20-15/h4-5,8-9,17H,2-3,6-7,10H2,1H3. The Morgan fingerprint density at radius 2 is 2.15 bits per heavy atom. The number of nitrogens with zero attached hydrogens (tertiary/aromatic N) is 2. The van der Waals surface area contributed by atoms with E-state index in [1.807, 2.05) is 0 Å². The van der Waals surface area contributed by atoms with E-state index in [0.29, 0.717) is 0 Å². The van der Waals surface area contributed by atoms with Crippen LogP contribution in [0.15, 0.2) is 24.4 Å². The molecule has 1 aliphatic heterocycles. The third kappa shape index (κ3) is 3.07. The van der Waals surface area contributed by atoms with Crippen LogP contribution in [-0.2, 0) is 6.54 Å². The van der Waals surface area contributed by atoms with Crippen LogP contribution in [0.4, 0.5) is 11.4 Å². The van der Waals surface area contributed by atoms with Crippen LogP contribution in [0.3, 0.4) is 0 Å². The van der Waals surface area contributed by atoms with Gasteiger partial charge in [0, 0.05) is 24.5 Å². The second-order valence-electron chi connectivity index (χ2n) is 5.11. The first-order chi connectivity index (χ1) is 9.72. The van der Waals surface area contributed by atoms with Crippen molar-refractivity contribution in [2.45, 2.75) is 26.3 Å². The van der Waals surface area contributed by atoms with E-state index < -0.39 is 0 Å².